The van der Waals surface area contributed by atoms with Crippen LogP contribution in [0.1, 0.15) is 12.5 Å². The lowest BCUT2D eigenvalue weighted by Gasteiger charge is -2.34. The first-order valence-electron chi connectivity index (χ1n) is 4.92. The second-order valence-electron chi connectivity index (χ2n) is 3.76. The molecule has 1 atom stereocenters. The summed E-state index contributed by atoms with van der Waals surface area (Å²) in [4.78, 5) is 11.3. The number of carbonyl (C=O) groups excluding carboxylic acids is 1. The summed E-state index contributed by atoms with van der Waals surface area (Å²) in [5.41, 5.74) is -2.34. The normalized spacial score (nSPS) is 22.8. The molecule has 0 amide bonds. The fraction of sp³-hybridized carbons (Fsp3) is 0.250. The van der Waals surface area contributed by atoms with Gasteiger partial charge in [0.1, 0.15) is 5.75 Å². The highest BCUT2D eigenvalue weighted by Gasteiger charge is 2.60. The topological polar surface area (TPSA) is 26.3 Å². The van der Waals surface area contributed by atoms with Crippen LogP contribution in [0.25, 0.3) is 6.08 Å². The van der Waals surface area contributed by atoms with E-state index in [1.807, 2.05) is 0 Å². The molecule has 90 valence electrons. The van der Waals surface area contributed by atoms with E-state index in [4.69, 9.17) is 4.74 Å². The van der Waals surface area contributed by atoms with Crippen molar-refractivity contribution in [2.75, 3.05) is 0 Å². The van der Waals surface area contributed by atoms with Gasteiger partial charge in [0, 0.05) is 5.56 Å². The van der Waals surface area contributed by atoms with Crippen LogP contribution in [0.5, 0.6) is 5.75 Å². The Kier molecular flexibility index (Phi) is 2.49. The quantitative estimate of drug-likeness (QED) is 0.756. The second-order valence-corrected chi connectivity index (χ2v) is 3.76. The van der Waals surface area contributed by atoms with Crippen LogP contribution in [0.15, 0.2) is 30.3 Å². The molecule has 1 aliphatic rings. The van der Waals surface area contributed by atoms with E-state index >= 15 is 0 Å². The lowest BCUT2D eigenvalue weighted by molar-refractivity contribution is -0.224. The van der Waals surface area contributed by atoms with E-state index < -0.39 is 17.6 Å². The monoisotopic (exact) mass is 242 g/mol. The zero-order chi connectivity index (χ0) is 12.7. The maximum atomic E-state index is 12.9. The molecular weight excluding hydrogens is 233 g/mol. The van der Waals surface area contributed by atoms with Gasteiger partial charge in [-0.15, -0.1) is 0 Å². The summed E-state index contributed by atoms with van der Waals surface area (Å²) in [7, 11) is 0. The van der Waals surface area contributed by atoms with Crippen molar-refractivity contribution in [1.29, 1.82) is 0 Å². The van der Waals surface area contributed by atoms with E-state index in [0.717, 1.165) is 13.0 Å². The van der Waals surface area contributed by atoms with E-state index in [9.17, 15) is 18.0 Å². The summed E-state index contributed by atoms with van der Waals surface area (Å²) in [6.07, 6.45) is -2.76. The van der Waals surface area contributed by atoms with Crippen molar-refractivity contribution in [1.82, 2.24) is 0 Å². The third-order valence-corrected chi connectivity index (χ3v) is 2.63. The van der Waals surface area contributed by atoms with Crippen LogP contribution in [0.4, 0.5) is 13.2 Å². The second kappa shape index (κ2) is 3.61. The number of hydrogen-bond donors (Lipinski definition) is 0. The summed E-state index contributed by atoms with van der Waals surface area (Å²) in [5.74, 6) is -1.03. The van der Waals surface area contributed by atoms with Crippen LogP contribution < -0.4 is 4.74 Å². The number of carbonyl (C=O) groups is 1. The van der Waals surface area contributed by atoms with Gasteiger partial charge in [0.15, 0.2) is 5.78 Å². The van der Waals surface area contributed by atoms with Gasteiger partial charge < -0.3 is 4.74 Å². The lowest BCUT2D eigenvalue weighted by Crippen LogP contribution is -2.55. The first kappa shape index (κ1) is 11.7. The Balaban J connectivity index is 2.53. The van der Waals surface area contributed by atoms with E-state index in [1.165, 1.54) is 12.1 Å². The van der Waals surface area contributed by atoms with E-state index in [2.05, 4.69) is 0 Å². The molecule has 0 fully saturated rings. The van der Waals surface area contributed by atoms with Crippen molar-refractivity contribution < 1.29 is 22.7 Å². The number of rotatable bonds is 1. The molecule has 5 heteroatoms. The summed E-state index contributed by atoms with van der Waals surface area (Å²) in [6, 6.07) is 6.26. The maximum absolute atomic E-state index is 12.9. The van der Waals surface area contributed by atoms with Gasteiger partial charge in [0.25, 0.3) is 5.60 Å². The highest BCUT2D eigenvalue weighted by molar-refractivity contribution is 5.91. The number of Topliss-reactive ketones (excluding diaryl/α,β-unsaturated/α-hetero) is 1. The van der Waals surface area contributed by atoms with Crippen molar-refractivity contribution in [3.05, 3.63) is 35.9 Å². The van der Waals surface area contributed by atoms with Crippen molar-refractivity contribution in [3.8, 4) is 5.75 Å². The molecule has 0 N–H and O–H groups in total. The largest absolute Gasteiger partial charge is 0.465 e. The fourth-order valence-corrected chi connectivity index (χ4v) is 1.67. The Morgan fingerprint density at radius 3 is 2.53 bits per heavy atom. The highest BCUT2D eigenvalue weighted by atomic mass is 19.4. The van der Waals surface area contributed by atoms with E-state index in [1.54, 1.807) is 18.2 Å². The van der Waals surface area contributed by atoms with Gasteiger partial charge in [-0.25, -0.2) is 0 Å². The van der Waals surface area contributed by atoms with Gasteiger partial charge in [0.2, 0.25) is 0 Å². The van der Waals surface area contributed by atoms with Crippen molar-refractivity contribution in [2.24, 2.45) is 0 Å². The Morgan fingerprint density at radius 2 is 1.94 bits per heavy atom. The minimum Gasteiger partial charge on any atom is -0.465 e. The van der Waals surface area contributed by atoms with Crippen LogP contribution >= 0.6 is 0 Å². The molecule has 2 nitrogen and oxygen atoms in total. The zero-order valence-electron chi connectivity index (χ0n) is 8.91. The average Bonchev–Trinajstić information content (AvgIpc) is 2.26. The molecule has 0 saturated heterocycles. The molecule has 0 spiro atoms. The SMILES string of the molecule is CC(=O)C1(C(F)(F)F)C=Cc2ccccc2O1. The number of ether oxygens (including phenoxy) is 1. The summed E-state index contributed by atoms with van der Waals surface area (Å²) < 4.78 is 43.7. The predicted octanol–water partition coefficient (Wildman–Crippen LogP) is 2.98. The Hall–Kier alpha value is -1.78. The molecule has 0 saturated carbocycles. The smallest absolute Gasteiger partial charge is 0.439 e. The third kappa shape index (κ3) is 1.71. The number of benzene rings is 1. The number of halogens is 3. The molecule has 1 heterocycles. The lowest BCUT2D eigenvalue weighted by atomic mass is 9.93. The van der Waals surface area contributed by atoms with Crippen LogP contribution in [-0.2, 0) is 4.79 Å². The fourth-order valence-electron chi connectivity index (χ4n) is 1.67. The first-order chi connectivity index (χ1) is 7.87. The predicted molar refractivity (Wildman–Crippen MR) is 55.6 cm³/mol. The van der Waals surface area contributed by atoms with Gasteiger partial charge in [-0.1, -0.05) is 24.3 Å². The highest BCUT2D eigenvalue weighted by Crippen LogP contribution is 2.41. The Labute approximate surface area is 95.7 Å². The third-order valence-electron chi connectivity index (χ3n) is 2.63. The number of alkyl halides is 3. The molecule has 1 aromatic rings. The molecule has 1 aromatic carbocycles. The molecule has 17 heavy (non-hydrogen) atoms. The summed E-state index contributed by atoms with van der Waals surface area (Å²) in [5, 5.41) is 0. The Morgan fingerprint density at radius 1 is 1.29 bits per heavy atom. The van der Waals surface area contributed by atoms with E-state index in [0.29, 0.717) is 5.56 Å². The van der Waals surface area contributed by atoms with Gasteiger partial charge >= 0.3 is 6.18 Å². The molecule has 0 aliphatic carbocycles. The standard InChI is InChI=1S/C12H9F3O2/c1-8(16)11(12(13,14)15)7-6-9-4-2-3-5-10(9)17-11/h2-7H,1H3. The van der Waals surface area contributed by atoms with Gasteiger partial charge in [-0.2, -0.15) is 13.2 Å². The number of ketones is 1. The molecule has 0 radical (unpaired) electrons. The minimum atomic E-state index is -4.77. The minimum absolute atomic E-state index is 0.0579. The van der Waals surface area contributed by atoms with Crippen LogP contribution in [0, 0.1) is 0 Å². The van der Waals surface area contributed by atoms with Gasteiger partial charge in [0.05, 0.1) is 0 Å². The molecule has 0 aromatic heterocycles. The number of para-hydroxylation sites is 1. The van der Waals surface area contributed by atoms with Crippen LogP contribution in [0.2, 0.25) is 0 Å². The van der Waals surface area contributed by atoms with Crippen LogP contribution in [0.3, 0.4) is 0 Å². The molecule has 2 rings (SSSR count). The van der Waals surface area contributed by atoms with E-state index in [-0.39, 0.29) is 5.75 Å². The molecular formula is C12H9F3O2. The van der Waals surface area contributed by atoms with Crippen molar-refractivity contribution in [2.45, 2.75) is 18.7 Å². The number of hydrogen-bond acceptors (Lipinski definition) is 2. The molecule has 1 aliphatic heterocycles. The summed E-state index contributed by atoms with van der Waals surface area (Å²) >= 11 is 0. The average molecular weight is 242 g/mol. The summed E-state index contributed by atoms with van der Waals surface area (Å²) in [6.45, 7) is 0.867. The molecule has 0 bridgehead atoms. The molecule has 1 unspecified atom stereocenters. The number of fused-ring (bicyclic) bond motifs is 1. The first-order valence-corrected chi connectivity index (χ1v) is 4.92. The van der Waals surface area contributed by atoms with Crippen molar-refractivity contribution >= 4 is 11.9 Å². The maximum Gasteiger partial charge on any atom is 0.439 e. The van der Waals surface area contributed by atoms with Crippen molar-refractivity contribution in [3.63, 3.8) is 0 Å². The van der Waals surface area contributed by atoms with Gasteiger partial charge in [-0.3, -0.25) is 4.79 Å². The van der Waals surface area contributed by atoms with Gasteiger partial charge in [-0.05, 0) is 19.1 Å². The van der Waals surface area contributed by atoms with Crippen LogP contribution in [-0.4, -0.2) is 17.6 Å². The zero-order valence-corrected chi connectivity index (χ0v) is 8.91. The Bertz CT molecular complexity index is 491.